The van der Waals surface area contributed by atoms with Gasteiger partial charge in [-0.2, -0.15) is 0 Å². The van der Waals surface area contributed by atoms with Crippen LogP contribution in [0.5, 0.6) is 0 Å². The fourth-order valence-electron chi connectivity index (χ4n) is 5.31. The number of rotatable bonds is 11. The third-order valence-corrected chi connectivity index (χ3v) is 7.27. The maximum Gasteiger partial charge on any atom is 0.233 e. The summed E-state index contributed by atoms with van der Waals surface area (Å²) in [6.07, 6.45) is 9.52. The Morgan fingerprint density at radius 2 is 1.84 bits per heavy atom. The second-order valence-corrected chi connectivity index (χ2v) is 9.25. The standard InChI is InChI=1S/C23H36N4O3.HI/c1-3-24-22(26-15-23(8-9-23)10-13-30-4-2)25-11-5-12-27-20(28)18-16-6-7-17(14-16)19(18)21(27)29;/h6-7,16-19H,3-5,8-15H2,1-2H3,(H2,24,25,26);1H. The van der Waals surface area contributed by atoms with Gasteiger partial charge in [0.2, 0.25) is 11.8 Å². The maximum atomic E-state index is 12.8. The second-order valence-electron chi connectivity index (χ2n) is 9.25. The molecule has 0 aromatic carbocycles. The highest BCUT2D eigenvalue weighted by Gasteiger charge is 2.58. The SMILES string of the molecule is CCNC(=NCC1(CCOCC)CC1)NCCCN1C(=O)C2C3C=CC(C3)C2C1=O.I. The highest BCUT2D eigenvalue weighted by molar-refractivity contribution is 14.0. The molecule has 4 atom stereocenters. The van der Waals surface area contributed by atoms with E-state index in [1.807, 2.05) is 6.92 Å². The summed E-state index contributed by atoms with van der Waals surface area (Å²) in [5.41, 5.74) is 0.317. The lowest BCUT2D eigenvalue weighted by Gasteiger charge is -2.18. The van der Waals surface area contributed by atoms with Gasteiger partial charge < -0.3 is 15.4 Å². The monoisotopic (exact) mass is 544 g/mol. The summed E-state index contributed by atoms with van der Waals surface area (Å²) in [5, 5.41) is 6.67. The van der Waals surface area contributed by atoms with E-state index >= 15 is 0 Å². The van der Waals surface area contributed by atoms with Crippen molar-refractivity contribution in [3.63, 3.8) is 0 Å². The molecule has 4 unspecified atom stereocenters. The zero-order valence-electron chi connectivity index (χ0n) is 18.8. The first-order valence-corrected chi connectivity index (χ1v) is 11.7. The van der Waals surface area contributed by atoms with Crippen LogP contribution in [-0.4, -0.2) is 62.1 Å². The first-order valence-electron chi connectivity index (χ1n) is 11.7. The van der Waals surface area contributed by atoms with Crippen LogP contribution in [0, 0.1) is 29.1 Å². The first kappa shape index (κ1) is 24.5. The van der Waals surface area contributed by atoms with E-state index in [4.69, 9.17) is 9.73 Å². The molecule has 0 radical (unpaired) electrons. The highest BCUT2D eigenvalue weighted by atomic mass is 127. The number of imide groups is 1. The number of carbonyl (C=O) groups is 2. The summed E-state index contributed by atoms with van der Waals surface area (Å²) < 4.78 is 5.51. The van der Waals surface area contributed by atoms with Gasteiger partial charge in [0.25, 0.3) is 0 Å². The maximum absolute atomic E-state index is 12.8. The fraction of sp³-hybridized carbons (Fsp3) is 0.783. The summed E-state index contributed by atoms with van der Waals surface area (Å²) in [5.74, 6) is 1.30. The lowest BCUT2D eigenvalue weighted by atomic mass is 9.85. The summed E-state index contributed by atoms with van der Waals surface area (Å²) in [4.78, 5) is 31.8. The molecule has 31 heavy (non-hydrogen) atoms. The van der Waals surface area contributed by atoms with Crippen molar-refractivity contribution in [2.45, 2.75) is 46.0 Å². The predicted octanol–water partition coefficient (Wildman–Crippen LogP) is 2.56. The number of nitrogens with zero attached hydrogens (tertiary/aromatic N) is 2. The van der Waals surface area contributed by atoms with Crippen LogP contribution in [0.3, 0.4) is 0 Å². The number of fused-ring (bicyclic) bond motifs is 5. The fourth-order valence-corrected chi connectivity index (χ4v) is 5.31. The van der Waals surface area contributed by atoms with Crippen LogP contribution in [0.1, 0.15) is 46.0 Å². The number of nitrogens with one attached hydrogen (secondary N) is 2. The average Bonchev–Trinajstić information content (AvgIpc) is 3.08. The van der Waals surface area contributed by atoms with Crippen LogP contribution in [0.2, 0.25) is 0 Å². The Kier molecular flexibility index (Phi) is 8.40. The number of allylic oxidation sites excluding steroid dienone is 2. The molecular formula is C23H37IN4O3. The van der Waals surface area contributed by atoms with Crippen LogP contribution in [0.4, 0.5) is 0 Å². The zero-order chi connectivity index (χ0) is 21.1. The van der Waals surface area contributed by atoms with E-state index in [1.54, 1.807) is 0 Å². The van der Waals surface area contributed by atoms with Crippen LogP contribution >= 0.6 is 24.0 Å². The van der Waals surface area contributed by atoms with Crippen LogP contribution in [0.15, 0.2) is 17.1 Å². The number of guanidine groups is 1. The van der Waals surface area contributed by atoms with Gasteiger partial charge in [0.15, 0.2) is 5.96 Å². The summed E-state index contributed by atoms with van der Waals surface area (Å²) >= 11 is 0. The Bertz CT molecular complexity index is 692. The molecule has 3 aliphatic carbocycles. The van der Waals surface area contributed by atoms with Gasteiger partial charge >= 0.3 is 0 Å². The molecule has 2 saturated carbocycles. The van der Waals surface area contributed by atoms with E-state index < -0.39 is 0 Å². The first-order chi connectivity index (χ1) is 14.6. The van der Waals surface area contributed by atoms with E-state index in [-0.39, 0.29) is 59.5 Å². The third-order valence-electron chi connectivity index (χ3n) is 7.27. The van der Waals surface area contributed by atoms with Gasteiger partial charge in [0, 0.05) is 39.4 Å². The molecule has 1 aliphatic heterocycles. The Hall–Kier alpha value is -1.16. The molecule has 8 heteroatoms. The van der Waals surface area contributed by atoms with Crippen molar-refractivity contribution in [2.75, 3.05) is 39.4 Å². The molecule has 4 aliphatic rings. The molecule has 4 rings (SSSR count). The predicted molar refractivity (Wildman–Crippen MR) is 131 cm³/mol. The molecule has 0 spiro atoms. The topological polar surface area (TPSA) is 83.0 Å². The number of ether oxygens (including phenoxy) is 1. The van der Waals surface area contributed by atoms with Gasteiger partial charge in [0.1, 0.15) is 0 Å². The average molecular weight is 544 g/mol. The van der Waals surface area contributed by atoms with Crippen LogP contribution in [-0.2, 0) is 14.3 Å². The van der Waals surface area contributed by atoms with Crippen molar-refractivity contribution in [3.8, 4) is 0 Å². The molecule has 2 N–H and O–H groups in total. The van der Waals surface area contributed by atoms with E-state index in [2.05, 4.69) is 29.7 Å². The molecule has 174 valence electrons. The third kappa shape index (κ3) is 5.26. The van der Waals surface area contributed by atoms with Gasteiger partial charge in [-0.1, -0.05) is 12.2 Å². The van der Waals surface area contributed by atoms with Gasteiger partial charge in [-0.25, -0.2) is 0 Å². The summed E-state index contributed by atoms with van der Waals surface area (Å²) in [6, 6.07) is 0. The van der Waals surface area contributed by atoms with E-state index in [1.165, 1.54) is 17.7 Å². The van der Waals surface area contributed by atoms with Crippen molar-refractivity contribution in [1.82, 2.24) is 15.5 Å². The van der Waals surface area contributed by atoms with Crippen molar-refractivity contribution in [3.05, 3.63) is 12.2 Å². The number of halogens is 1. The van der Waals surface area contributed by atoms with E-state index in [9.17, 15) is 9.59 Å². The normalized spacial score (nSPS) is 29.9. The van der Waals surface area contributed by atoms with Gasteiger partial charge in [0.05, 0.1) is 11.8 Å². The number of hydrogen-bond donors (Lipinski definition) is 2. The van der Waals surface area contributed by atoms with E-state index in [0.29, 0.717) is 18.5 Å². The Labute approximate surface area is 202 Å². The Balaban J connectivity index is 0.00000272. The van der Waals surface area contributed by atoms with Gasteiger partial charge in [-0.05, 0) is 63.2 Å². The van der Waals surface area contributed by atoms with Crippen molar-refractivity contribution in [2.24, 2.45) is 34.1 Å². The number of hydrogen-bond acceptors (Lipinski definition) is 4. The van der Waals surface area contributed by atoms with Crippen molar-refractivity contribution < 1.29 is 14.3 Å². The minimum atomic E-state index is -0.0919. The van der Waals surface area contributed by atoms with Crippen LogP contribution < -0.4 is 10.6 Å². The molecule has 1 saturated heterocycles. The quantitative estimate of drug-likeness (QED) is 0.104. The zero-order valence-corrected chi connectivity index (χ0v) is 21.1. The minimum absolute atomic E-state index is 0. The van der Waals surface area contributed by atoms with Crippen molar-refractivity contribution >= 4 is 41.8 Å². The largest absolute Gasteiger partial charge is 0.382 e. The van der Waals surface area contributed by atoms with E-state index in [0.717, 1.165) is 51.5 Å². The summed E-state index contributed by atoms with van der Waals surface area (Å²) in [7, 11) is 0. The second kappa shape index (κ2) is 10.6. The van der Waals surface area contributed by atoms with Crippen LogP contribution in [0.25, 0.3) is 0 Å². The van der Waals surface area contributed by atoms with Crippen molar-refractivity contribution in [1.29, 1.82) is 0 Å². The lowest BCUT2D eigenvalue weighted by molar-refractivity contribution is -0.140. The smallest absolute Gasteiger partial charge is 0.233 e. The molecule has 1 heterocycles. The molecule has 2 amide bonds. The Morgan fingerprint density at radius 3 is 2.42 bits per heavy atom. The summed E-state index contributed by atoms with van der Waals surface area (Å²) in [6.45, 7) is 8.48. The number of amides is 2. The number of likely N-dealkylation sites (tertiary alicyclic amines) is 1. The Morgan fingerprint density at radius 1 is 1.16 bits per heavy atom. The lowest BCUT2D eigenvalue weighted by Crippen LogP contribution is -2.40. The molecule has 2 bridgehead atoms. The molecule has 0 aromatic heterocycles. The highest BCUT2D eigenvalue weighted by Crippen LogP contribution is 2.52. The number of carbonyl (C=O) groups excluding carboxylic acids is 2. The molecular weight excluding hydrogens is 507 g/mol. The molecule has 3 fully saturated rings. The minimum Gasteiger partial charge on any atom is -0.382 e. The van der Waals surface area contributed by atoms with Gasteiger partial charge in [-0.15, -0.1) is 24.0 Å². The van der Waals surface area contributed by atoms with Gasteiger partial charge in [-0.3, -0.25) is 19.5 Å². The number of aliphatic imine (C=N–C) groups is 1. The molecule has 0 aromatic rings. The molecule has 7 nitrogen and oxygen atoms in total.